The van der Waals surface area contributed by atoms with E-state index in [4.69, 9.17) is 0 Å². The van der Waals surface area contributed by atoms with Gasteiger partial charge in [-0.3, -0.25) is 4.79 Å². The summed E-state index contributed by atoms with van der Waals surface area (Å²) in [5, 5.41) is 3.97. The van der Waals surface area contributed by atoms with E-state index in [-0.39, 0.29) is 5.91 Å². The van der Waals surface area contributed by atoms with Crippen LogP contribution in [-0.2, 0) is 13.0 Å². The molecule has 1 aromatic heterocycles. The number of amides is 1. The molecule has 19 heavy (non-hydrogen) atoms. The number of hydrogen-bond donors (Lipinski definition) is 0. The molecular formula is C13H14BrN3OS. The lowest BCUT2D eigenvalue weighted by atomic mass is 10.2. The van der Waals surface area contributed by atoms with E-state index in [9.17, 15) is 4.79 Å². The Bertz CT molecular complexity index is 568. The van der Waals surface area contributed by atoms with Crippen LogP contribution in [0.5, 0.6) is 0 Å². The summed E-state index contributed by atoms with van der Waals surface area (Å²) in [4.78, 5) is 14.6. The fourth-order valence-corrected chi connectivity index (χ4v) is 2.72. The largest absolute Gasteiger partial charge is 0.337 e. The zero-order chi connectivity index (χ0) is 13.8. The Kier molecular flexibility index (Phi) is 4.66. The van der Waals surface area contributed by atoms with Crippen LogP contribution >= 0.6 is 27.5 Å². The van der Waals surface area contributed by atoms with E-state index in [1.165, 1.54) is 0 Å². The number of nitrogens with zero attached hydrogens (tertiary/aromatic N) is 3. The Labute approximate surface area is 124 Å². The molecule has 0 spiro atoms. The van der Waals surface area contributed by atoms with Crippen LogP contribution in [0, 0.1) is 0 Å². The molecule has 4 nitrogen and oxygen atoms in total. The van der Waals surface area contributed by atoms with Crippen molar-refractivity contribution in [3.8, 4) is 0 Å². The van der Waals surface area contributed by atoms with Gasteiger partial charge in [-0.2, -0.15) is 0 Å². The van der Waals surface area contributed by atoms with Crippen molar-refractivity contribution in [3.63, 3.8) is 0 Å². The van der Waals surface area contributed by atoms with Gasteiger partial charge in [-0.15, -0.1) is 5.10 Å². The third-order valence-electron chi connectivity index (χ3n) is 2.76. The summed E-state index contributed by atoms with van der Waals surface area (Å²) in [5.74, 6) is -0.0187. The van der Waals surface area contributed by atoms with Gasteiger partial charge in [-0.05, 0) is 35.6 Å². The molecule has 0 atom stereocenters. The fourth-order valence-electron chi connectivity index (χ4n) is 1.71. The Morgan fingerprint density at radius 2 is 2.05 bits per heavy atom. The number of benzene rings is 1. The van der Waals surface area contributed by atoms with Crippen LogP contribution in [0.25, 0.3) is 0 Å². The number of halogens is 1. The van der Waals surface area contributed by atoms with Crippen LogP contribution < -0.4 is 0 Å². The minimum atomic E-state index is -0.0187. The third kappa shape index (κ3) is 3.39. The highest BCUT2D eigenvalue weighted by molar-refractivity contribution is 9.10. The molecule has 1 heterocycles. The van der Waals surface area contributed by atoms with Gasteiger partial charge in [0, 0.05) is 18.1 Å². The van der Waals surface area contributed by atoms with Gasteiger partial charge in [0.25, 0.3) is 5.91 Å². The van der Waals surface area contributed by atoms with Crippen molar-refractivity contribution in [2.24, 2.45) is 0 Å². The average Bonchev–Trinajstić information content (AvgIpc) is 2.88. The smallest absolute Gasteiger partial charge is 0.267 e. The van der Waals surface area contributed by atoms with Gasteiger partial charge in [0.2, 0.25) is 0 Å². The van der Waals surface area contributed by atoms with E-state index in [1.807, 2.05) is 31.2 Å². The lowest BCUT2D eigenvalue weighted by Crippen LogP contribution is -2.26. The maximum absolute atomic E-state index is 12.3. The maximum Gasteiger partial charge on any atom is 0.267 e. The van der Waals surface area contributed by atoms with Gasteiger partial charge >= 0.3 is 0 Å². The summed E-state index contributed by atoms with van der Waals surface area (Å²) in [6, 6.07) is 7.94. The van der Waals surface area contributed by atoms with Crippen LogP contribution in [0.4, 0.5) is 0 Å². The van der Waals surface area contributed by atoms with Gasteiger partial charge in [-0.1, -0.05) is 39.5 Å². The third-order valence-corrected chi connectivity index (χ3v) is 4.05. The van der Waals surface area contributed by atoms with Crippen LogP contribution in [0.1, 0.15) is 27.9 Å². The zero-order valence-electron chi connectivity index (χ0n) is 10.8. The van der Waals surface area contributed by atoms with Crippen molar-refractivity contribution in [3.05, 3.63) is 44.9 Å². The van der Waals surface area contributed by atoms with E-state index in [0.29, 0.717) is 11.4 Å². The van der Waals surface area contributed by atoms with Crippen molar-refractivity contribution in [2.45, 2.75) is 19.9 Å². The van der Waals surface area contributed by atoms with Gasteiger partial charge in [0.1, 0.15) is 4.88 Å². The molecular weight excluding hydrogens is 326 g/mol. The van der Waals surface area contributed by atoms with Crippen molar-refractivity contribution in [1.82, 2.24) is 14.5 Å². The van der Waals surface area contributed by atoms with Gasteiger partial charge in [0.05, 0.1) is 5.69 Å². The van der Waals surface area contributed by atoms with Crippen LogP contribution in [0.15, 0.2) is 28.7 Å². The Balaban J connectivity index is 2.09. The topological polar surface area (TPSA) is 46.1 Å². The minimum Gasteiger partial charge on any atom is -0.337 e. The monoisotopic (exact) mass is 339 g/mol. The van der Waals surface area contributed by atoms with Crippen molar-refractivity contribution in [2.75, 3.05) is 7.05 Å². The summed E-state index contributed by atoms with van der Waals surface area (Å²) in [6.07, 6.45) is 0.726. The average molecular weight is 340 g/mol. The highest BCUT2D eigenvalue weighted by Gasteiger charge is 2.18. The van der Waals surface area contributed by atoms with Gasteiger partial charge in [0.15, 0.2) is 0 Å². The molecule has 6 heteroatoms. The van der Waals surface area contributed by atoms with Crippen molar-refractivity contribution < 1.29 is 4.79 Å². The highest BCUT2D eigenvalue weighted by Crippen LogP contribution is 2.16. The minimum absolute atomic E-state index is 0.0187. The standard InChI is InChI=1S/C13H14BrN3OS/c1-3-11-12(19-16-15-11)13(18)17(2)8-9-4-6-10(14)7-5-9/h4-7H,3,8H2,1-2H3. The van der Waals surface area contributed by atoms with E-state index >= 15 is 0 Å². The van der Waals surface area contributed by atoms with E-state index < -0.39 is 0 Å². The number of hydrogen-bond acceptors (Lipinski definition) is 4. The zero-order valence-corrected chi connectivity index (χ0v) is 13.2. The fraction of sp³-hybridized carbons (Fsp3) is 0.308. The summed E-state index contributed by atoms with van der Waals surface area (Å²) in [5.41, 5.74) is 1.87. The normalized spacial score (nSPS) is 10.5. The molecule has 0 aliphatic rings. The van der Waals surface area contributed by atoms with Gasteiger partial charge < -0.3 is 4.90 Å². The van der Waals surface area contributed by atoms with Crippen molar-refractivity contribution >= 4 is 33.4 Å². The molecule has 0 N–H and O–H groups in total. The molecule has 0 aliphatic heterocycles. The van der Waals surface area contributed by atoms with Crippen molar-refractivity contribution in [1.29, 1.82) is 0 Å². The second-order valence-corrected chi connectivity index (χ2v) is 5.86. The first-order valence-corrected chi connectivity index (χ1v) is 7.49. The predicted molar refractivity (Wildman–Crippen MR) is 79.2 cm³/mol. The molecule has 0 saturated heterocycles. The molecule has 2 aromatic rings. The van der Waals surface area contributed by atoms with E-state index in [2.05, 4.69) is 25.5 Å². The van der Waals surface area contributed by atoms with Crippen LogP contribution in [-0.4, -0.2) is 27.4 Å². The lowest BCUT2D eigenvalue weighted by Gasteiger charge is -2.16. The molecule has 1 aromatic carbocycles. The number of aromatic nitrogens is 2. The molecule has 0 unspecified atom stereocenters. The molecule has 0 aliphatic carbocycles. The second kappa shape index (κ2) is 6.25. The first-order chi connectivity index (χ1) is 9.11. The second-order valence-electron chi connectivity index (χ2n) is 4.19. The molecule has 0 radical (unpaired) electrons. The number of rotatable bonds is 4. The first kappa shape index (κ1) is 14.1. The molecule has 1 amide bonds. The quantitative estimate of drug-likeness (QED) is 0.859. The van der Waals surface area contributed by atoms with Gasteiger partial charge in [-0.25, -0.2) is 0 Å². The molecule has 0 saturated carbocycles. The summed E-state index contributed by atoms with van der Waals surface area (Å²) >= 11 is 4.56. The number of aryl methyl sites for hydroxylation is 1. The molecule has 0 fully saturated rings. The SMILES string of the molecule is CCc1nnsc1C(=O)N(C)Cc1ccc(Br)cc1. The lowest BCUT2D eigenvalue weighted by molar-refractivity contribution is 0.0788. The molecule has 100 valence electrons. The number of carbonyl (C=O) groups is 1. The summed E-state index contributed by atoms with van der Waals surface area (Å²) in [6.45, 7) is 2.55. The highest BCUT2D eigenvalue weighted by atomic mass is 79.9. The van der Waals surface area contributed by atoms with Crippen LogP contribution in [0.3, 0.4) is 0 Å². The van der Waals surface area contributed by atoms with E-state index in [0.717, 1.165) is 33.7 Å². The summed E-state index contributed by atoms with van der Waals surface area (Å²) in [7, 11) is 1.80. The predicted octanol–water partition coefficient (Wildman–Crippen LogP) is 3.14. The molecule has 0 bridgehead atoms. The first-order valence-electron chi connectivity index (χ1n) is 5.93. The summed E-state index contributed by atoms with van der Waals surface area (Å²) < 4.78 is 4.89. The Morgan fingerprint density at radius 3 is 2.68 bits per heavy atom. The maximum atomic E-state index is 12.3. The number of carbonyl (C=O) groups excluding carboxylic acids is 1. The van der Waals surface area contributed by atoms with E-state index in [1.54, 1.807) is 11.9 Å². The Morgan fingerprint density at radius 1 is 1.37 bits per heavy atom. The Hall–Kier alpha value is -1.27. The van der Waals surface area contributed by atoms with Crippen LogP contribution in [0.2, 0.25) is 0 Å². The molecule has 2 rings (SSSR count).